The molecule has 1 N–H and O–H groups in total. The van der Waals surface area contributed by atoms with E-state index in [0.29, 0.717) is 30.0 Å². The lowest BCUT2D eigenvalue weighted by molar-refractivity contribution is -0.114. The molecular formula is C27H28N4O4S. The molecule has 0 saturated heterocycles. The van der Waals surface area contributed by atoms with Crippen LogP contribution in [-0.4, -0.2) is 47.3 Å². The van der Waals surface area contributed by atoms with Gasteiger partial charge >= 0.3 is 0 Å². The van der Waals surface area contributed by atoms with Crippen molar-refractivity contribution in [2.24, 2.45) is 16.0 Å². The molecule has 0 unspecified atom stereocenters. The van der Waals surface area contributed by atoms with Gasteiger partial charge in [-0.25, -0.2) is 0 Å². The van der Waals surface area contributed by atoms with Gasteiger partial charge in [-0.3, -0.25) is 10.2 Å². The summed E-state index contributed by atoms with van der Waals surface area (Å²) in [4.78, 5) is 16.9. The van der Waals surface area contributed by atoms with Crippen molar-refractivity contribution in [1.82, 2.24) is 5.01 Å². The van der Waals surface area contributed by atoms with Gasteiger partial charge in [0.05, 0.1) is 12.7 Å². The van der Waals surface area contributed by atoms with Crippen LogP contribution in [0.15, 0.2) is 64.2 Å². The molecule has 36 heavy (non-hydrogen) atoms. The summed E-state index contributed by atoms with van der Waals surface area (Å²) >= 11 is 1.43. The molecule has 2 heterocycles. The lowest BCUT2D eigenvalue weighted by Crippen LogP contribution is -2.35. The zero-order valence-corrected chi connectivity index (χ0v) is 20.9. The minimum Gasteiger partial charge on any atom is -0.497 e. The molecule has 2 aliphatic heterocycles. The molecule has 0 radical (unpaired) electrons. The third-order valence-electron chi connectivity index (χ3n) is 6.30. The van der Waals surface area contributed by atoms with E-state index < -0.39 is 5.91 Å². The van der Waals surface area contributed by atoms with E-state index >= 15 is 0 Å². The van der Waals surface area contributed by atoms with Gasteiger partial charge in [-0.15, -0.1) is 0 Å². The summed E-state index contributed by atoms with van der Waals surface area (Å²) in [7, 11) is 1.63. The zero-order chi connectivity index (χ0) is 24.9. The number of hydrogen-bond donors (Lipinski definition) is 1. The number of fused-ring (bicyclic) bond motifs is 1. The zero-order valence-electron chi connectivity index (χ0n) is 20.1. The molecule has 3 aliphatic rings. The van der Waals surface area contributed by atoms with E-state index in [9.17, 15) is 4.79 Å². The Kier molecular flexibility index (Phi) is 7.36. The Morgan fingerprint density at radius 1 is 0.972 bits per heavy atom. The Balaban J connectivity index is 1.17. The molecule has 8 nitrogen and oxygen atoms in total. The van der Waals surface area contributed by atoms with E-state index in [2.05, 4.69) is 10.1 Å². The van der Waals surface area contributed by atoms with Crippen molar-refractivity contribution >= 4 is 39.8 Å². The van der Waals surface area contributed by atoms with Crippen molar-refractivity contribution in [3.05, 3.63) is 59.7 Å². The number of nitrogens with zero attached hydrogens (tertiary/aromatic N) is 3. The number of amidine groups is 2. The summed E-state index contributed by atoms with van der Waals surface area (Å²) in [5, 5.41) is 16.2. The Morgan fingerprint density at radius 2 is 1.58 bits per heavy atom. The monoisotopic (exact) mass is 504 g/mol. The topological polar surface area (TPSA) is 96.6 Å². The Hall–Kier alpha value is -3.59. The fraction of sp³-hybridized carbons (Fsp3) is 0.333. The molecule has 1 aliphatic carbocycles. The van der Waals surface area contributed by atoms with Crippen LogP contribution in [0.3, 0.4) is 0 Å². The number of methoxy groups -OCH3 is 1. The predicted octanol–water partition coefficient (Wildman–Crippen LogP) is 5.35. The van der Waals surface area contributed by atoms with Gasteiger partial charge in [0.2, 0.25) is 5.17 Å². The van der Waals surface area contributed by atoms with Gasteiger partial charge < -0.3 is 14.2 Å². The molecule has 0 aromatic heterocycles. The SMILES string of the molecule is COc1ccc(OCCOc2ccc(/C=C3/C(=N)N4N=C(C5CCCCC5)SC4=NC3=O)cc2)cc1. The third-order valence-corrected chi connectivity index (χ3v) is 7.37. The van der Waals surface area contributed by atoms with Crippen LogP contribution in [0.25, 0.3) is 6.08 Å². The van der Waals surface area contributed by atoms with Gasteiger partial charge in [0.25, 0.3) is 5.91 Å². The second-order valence-electron chi connectivity index (χ2n) is 8.73. The highest BCUT2D eigenvalue weighted by Crippen LogP contribution is 2.36. The van der Waals surface area contributed by atoms with E-state index in [0.717, 1.165) is 34.9 Å². The lowest BCUT2D eigenvalue weighted by Gasteiger charge is -2.20. The maximum absolute atomic E-state index is 12.7. The molecule has 0 atom stereocenters. The molecule has 1 fully saturated rings. The van der Waals surface area contributed by atoms with Crippen LogP contribution < -0.4 is 14.2 Å². The molecule has 9 heteroatoms. The highest BCUT2D eigenvalue weighted by atomic mass is 32.2. The molecule has 186 valence electrons. The van der Waals surface area contributed by atoms with Gasteiger partial charge in [-0.05, 0) is 72.6 Å². The second-order valence-corrected chi connectivity index (χ2v) is 9.72. The first-order chi connectivity index (χ1) is 17.6. The van der Waals surface area contributed by atoms with Gasteiger partial charge in [-0.2, -0.15) is 15.1 Å². The Labute approximate surface area is 214 Å². The van der Waals surface area contributed by atoms with Crippen LogP contribution in [0.4, 0.5) is 0 Å². The molecule has 1 saturated carbocycles. The average molecular weight is 505 g/mol. The maximum Gasteiger partial charge on any atom is 0.283 e. The second kappa shape index (κ2) is 11.0. The minimum atomic E-state index is -0.408. The van der Waals surface area contributed by atoms with Crippen LogP contribution in [0, 0.1) is 11.3 Å². The molecule has 0 bridgehead atoms. The van der Waals surface area contributed by atoms with Crippen molar-refractivity contribution in [3.63, 3.8) is 0 Å². The van der Waals surface area contributed by atoms with Crippen LogP contribution in [0.1, 0.15) is 37.7 Å². The van der Waals surface area contributed by atoms with Crippen molar-refractivity contribution in [2.45, 2.75) is 32.1 Å². The van der Waals surface area contributed by atoms with Crippen LogP contribution in [-0.2, 0) is 4.79 Å². The number of carbonyl (C=O) groups excluding carboxylic acids is 1. The highest BCUT2D eigenvalue weighted by molar-refractivity contribution is 8.27. The number of hydrazone groups is 1. The van der Waals surface area contributed by atoms with E-state index in [1.165, 1.54) is 36.0 Å². The first-order valence-corrected chi connectivity index (χ1v) is 12.9. The van der Waals surface area contributed by atoms with Crippen LogP contribution in [0.5, 0.6) is 17.2 Å². The summed E-state index contributed by atoms with van der Waals surface area (Å²) in [5.74, 6) is 2.29. The summed E-state index contributed by atoms with van der Waals surface area (Å²) in [6, 6.07) is 14.7. The normalized spacial score (nSPS) is 19.1. The number of rotatable bonds is 8. The van der Waals surface area contributed by atoms with Gasteiger partial charge in [0.1, 0.15) is 35.5 Å². The van der Waals surface area contributed by atoms with E-state index in [4.69, 9.17) is 19.6 Å². The Morgan fingerprint density at radius 3 is 2.22 bits per heavy atom. The number of amides is 1. The number of thioether (sulfide) groups is 1. The van der Waals surface area contributed by atoms with Crippen molar-refractivity contribution in [2.75, 3.05) is 20.3 Å². The number of nitrogens with one attached hydrogen (secondary N) is 1. The Bertz CT molecular complexity index is 1220. The molecule has 0 spiro atoms. The number of carbonyl (C=O) groups is 1. The number of benzene rings is 2. The van der Waals surface area contributed by atoms with Crippen molar-refractivity contribution in [3.8, 4) is 17.2 Å². The molecule has 2 aromatic rings. The summed E-state index contributed by atoms with van der Waals surface area (Å²) < 4.78 is 16.6. The number of aliphatic imine (C=N–C) groups is 1. The van der Waals surface area contributed by atoms with Crippen LogP contribution >= 0.6 is 11.8 Å². The van der Waals surface area contributed by atoms with E-state index in [1.54, 1.807) is 13.2 Å². The van der Waals surface area contributed by atoms with Gasteiger partial charge in [0, 0.05) is 5.92 Å². The predicted molar refractivity (Wildman–Crippen MR) is 142 cm³/mol. The van der Waals surface area contributed by atoms with E-state index in [-0.39, 0.29) is 11.4 Å². The summed E-state index contributed by atoms with van der Waals surface area (Å²) in [6.07, 6.45) is 7.57. The van der Waals surface area contributed by atoms with Gasteiger partial charge in [0.15, 0.2) is 5.84 Å². The first kappa shape index (κ1) is 24.1. The van der Waals surface area contributed by atoms with E-state index in [1.807, 2.05) is 48.5 Å². The first-order valence-electron chi connectivity index (χ1n) is 12.1. The molecule has 2 aromatic carbocycles. The summed E-state index contributed by atoms with van der Waals surface area (Å²) in [6.45, 7) is 0.794. The minimum absolute atomic E-state index is 0.0688. The molecular weight excluding hydrogens is 476 g/mol. The van der Waals surface area contributed by atoms with Crippen LogP contribution in [0.2, 0.25) is 0 Å². The quantitative estimate of drug-likeness (QED) is 0.384. The average Bonchev–Trinajstić information content (AvgIpc) is 3.35. The molecule has 1 amide bonds. The number of hydrogen-bond acceptors (Lipinski definition) is 7. The van der Waals surface area contributed by atoms with Gasteiger partial charge in [-0.1, -0.05) is 31.4 Å². The molecule has 5 rings (SSSR count). The fourth-order valence-corrected chi connectivity index (χ4v) is 5.40. The largest absolute Gasteiger partial charge is 0.497 e. The van der Waals surface area contributed by atoms with Crippen molar-refractivity contribution in [1.29, 1.82) is 5.41 Å². The third kappa shape index (κ3) is 5.46. The summed E-state index contributed by atoms with van der Waals surface area (Å²) in [5.41, 5.74) is 1.02. The smallest absolute Gasteiger partial charge is 0.283 e. The van der Waals surface area contributed by atoms with Crippen molar-refractivity contribution < 1.29 is 19.0 Å². The highest BCUT2D eigenvalue weighted by Gasteiger charge is 2.37. The maximum atomic E-state index is 12.7. The standard InChI is InChI=1S/C27H28N4O4S/c1-33-20-11-13-22(14-12-20)35-16-15-34-21-9-7-18(8-10-21)17-23-24(28)31-27(29-25(23)32)36-26(30-31)19-5-3-2-4-6-19/h7-14,17,19,28H,2-6,15-16H2,1H3/b23-17-,28-24?. The fourth-order valence-electron chi connectivity index (χ4n) is 4.34. The lowest BCUT2D eigenvalue weighted by atomic mass is 9.90. The number of ether oxygens (including phenoxy) is 3.